The van der Waals surface area contributed by atoms with Gasteiger partial charge in [0.15, 0.2) is 23.9 Å². The quantitative estimate of drug-likeness (QED) is 0.151. The van der Waals surface area contributed by atoms with Crippen molar-refractivity contribution >= 4 is 41.0 Å². The van der Waals surface area contributed by atoms with Gasteiger partial charge in [-0.25, -0.2) is 19.0 Å². The highest BCUT2D eigenvalue weighted by atomic mass is 35.5. The van der Waals surface area contributed by atoms with E-state index in [1.165, 1.54) is 31.3 Å². The molecule has 3 aliphatic heterocycles. The number of carbonyl (C=O) groups excluding carboxylic acids is 2. The van der Waals surface area contributed by atoms with E-state index in [0.29, 0.717) is 61.9 Å². The van der Waals surface area contributed by atoms with Gasteiger partial charge in [-0.3, -0.25) is 9.80 Å². The topological polar surface area (TPSA) is 91.7 Å². The molecule has 0 spiro atoms. The SMILES string of the molecule is COc1ccc([C@H](Cc2c(Cl)c[nH+]cc2Cl)OC(=O)c2ccc(CN(C(=O)O[C@H]3CN4CCC3CC4)c3cccc(F)c3)cc2)cc1OC. The van der Waals surface area contributed by atoms with Gasteiger partial charge in [0, 0.05) is 18.5 Å². The number of methoxy groups -OCH3 is 2. The third-order valence-electron chi connectivity index (χ3n) is 9.13. The van der Waals surface area contributed by atoms with E-state index >= 15 is 0 Å². The Morgan fingerprint density at radius 2 is 1.67 bits per heavy atom. The Morgan fingerprint density at radius 1 is 0.959 bits per heavy atom. The number of rotatable bonds is 11. The van der Waals surface area contributed by atoms with Gasteiger partial charge in [0.1, 0.15) is 28.1 Å². The van der Waals surface area contributed by atoms with Crippen LogP contribution in [0.2, 0.25) is 10.0 Å². The number of carbonyl (C=O) groups is 2. The van der Waals surface area contributed by atoms with Crippen molar-refractivity contribution in [3.05, 3.63) is 117 Å². The predicted molar refractivity (Wildman–Crippen MR) is 183 cm³/mol. The minimum atomic E-state index is -0.783. The number of aromatic nitrogens is 1. The summed E-state index contributed by atoms with van der Waals surface area (Å²) in [4.78, 5) is 33.8. The smallest absolute Gasteiger partial charge is 0.414 e. The van der Waals surface area contributed by atoms with Crippen LogP contribution in [-0.4, -0.2) is 56.9 Å². The summed E-state index contributed by atoms with van der Waals surface area (Å²) in [6, 6.07) is 17.8. The summed E-state index contributed by atoms with van der Waals surface area (Å²) in [6.45, 7) is 2.84. The third kappa shape index (κ3) is 8.09. The fourth-order valence-corrected chi connectivity index (χ4v) is 6.94. The lowest BCUT2D eigenvalue weighted by molar-refractivity contribution is -0.377. The molecule has 3 saturated heterocycles. The molecule has 2 atom stereocenters. The lowest BCUT2D eigenvalue weighted by Crippen LogP contribution is -2.53. The molecule has 3 fully saturated rings. The molecule has 0 radical (unpaired) electrons. The van der Waals surface area contributed by atoms with Crippen LogP contribution in [0.1, 0.15) is 46.0 Å². The van der Waals surface area contributed by atoms with E-state index in [1.54, 1.807) is 67.0 Å². The standard InChI is InChI=1S/C37H36Cl2FN3O6/c1-46-32-11-10-26(16-34(32)47-2)33(18-29-30(38)19-41-20-31(29)39)48-36(44)25-8-6-23(7-9-25)21-43(28-5-3-4-27(40)17-28)37(45)49-35-22-42-14-12-24(35)13-15-42/h3-11,16-17,19-20,24,33,35H,12-15,18,21-22H2,1-2H3/p+1/t33-,35-/m0/s1. The van der Waals surface area contributed by atoms with Crippen LogP contribution in [0.5, 0.6) is 11.5 Å². The summed E-state index contributed by atoms with van der Waals surface area (Å²) in [5.41, 5.74) is 2.63. The van der Waals surface area contributed by atoms with Gasteiger partial charge in [-0.2, -0.15) is 0 Å². The Balaban J connectivity index is 1.21. The second-order valence-electron chi connectivity index (χ2n) is 12.2. The van der Waals surface area contributed by atoms with Gasteiger partial charge < -0.3 is 18.9 Å². The maximum atomic E-state index is 14.3. The van der Waals surface area contributed by atoms with Gasteiger partial charge in [0.05, 0.1) is 32.0 Å². The molecule has 9 nitrogen and oxygen atoms in total. The first kappa shape index (κ1) is 34.5. The molecular weight excluding hydrogens is 672 g/mol. The molecule has 4 aromatic rings. The molecule has 0 unspecified atom stereocenters. The lowest BCUT2D eigenvalue weighted by Gasteiger charge is -2.44. The molecule has 3 aliphatic rings. The third-order valence-corrected chi connectivity index (χ3v) is 9.81. The highest BCUT2D eigenvalue weighted by Crippen LogP contribution is 2.36. The van der Waals surface area contributed by atoms with Gasteiger partial charge in [0.25, 0.3) is 0 Å². The number of amides is 1. The summed E-state index contributed by atoms with van der Waals surface area (Å²) < 4.78 is 37.2. The second-order valence-corrected chi connectivity index (χ2v) is 13.0. The first-order chi connectivity index (χ1) is 23.7. The van der Waals surface area contributed by atoms with Crippen LogP contribution < -0.4 is 19.4 Å². The normalized spacial score (nSPS) is 18.8. The number of H-pyrrole nitrogens is 1. The molecule has 0 aliphatic carbocycles. The highest BCUT2D eigenvalue weighted by molar-refractivity contribution is 6.35. The largest absolute Gasteiger partial charge is 0.493 e. The molecule has 12 heteroatoms. The van der Waals surface area contributed by atoms with Crippen LogP contribution in [0.15, 0.2) is 79.1 Å². The average Bonchev–Trinajstić information content (AvgIpc) is 3.12. The molecule has 1 N–H and O–H groups in total. The Bertz CT molecular complexity index is 1780. The number of pyridine rings is 1. The maximum absolute atomic E-state index is 14.3. The Labute approximate surface area is 294 Å². The van der Waals surface area contributed by atoms with Crippen LogP contribution in [0, 0.1) is 11.7 Å². The van der Waals surface area contributed by atoms with Crippen molar-refractivity contribution in [2.24, 2.45) is 5.92 Å². The molecule has 4 heterocycles. The Hall–Kier alpha value is -4.38. The van der Waals surface area contributed by atoms with Crippen molar-refractivity contribution in [1.29, 1.82) is 0 Å². The van der Waals surface area contributed by atoms with E-state index in [4.69, 9.17) is 42.1 Å². The number of nitrogens with one attached hydrogen (secondary N) is 1. The Kier molecular flexibility index (Phi) is 10.9. The molecule has 7 rings (SSSR count). The van der Waals surface area contributed by atoms with Crippen LogP contribution in [-0.2, 0) is 22.4 Å². The summed E-state index contributed by atoms with van der Waals surface area (Å²) in [7, 11) is 3.06. The molecule has 49 heavy (non-hydrogen) atoms. The number of hydrogen-bond donors (Lipinski definition) is 0. The second kappa shape index (κ2) is 15.4. The number of hydrogen-bond acceptors (Lipinski definition) is 7. The van der Waals surface area contributed by atoms with Crippen molar-refractivity contribution in [2.75, 3.05) is 38.8 Å². The fourth-order valence-electron chi connectivity index (χ4n) is 6.41. The summed E-state index contributed by atoms with van der Waals surface area (Å²) in [5.74, 6) is 0.279. The summed E-state index contributed by atoms with van der Waals surface area (Å²) >= 11 is 12.9. The number of nitrogens with zero attached hydrogens (tertiary/aromatic N) is 2. The van der Waals surface area contributed by atoms with Crippen LogP contribution >= 0.6 is 23.2 Å². The highest BCUT2D eigenvalue weighted by Gasteiger charge is 2.37. The van der Waals surface area contributed by atoms with Crippen molar-refractivity contribution < 1.29 is 37.9 Å². The molecule has 1 amide bonds. The van der Waals surface area contributed by atoms with Gasteiger partial charge in [-0.15, -0.1) is 0 Å². The van der Waals surface area contributed by atoms with Crippen molar-refractivity contribution in [3.63, 3.8) is 0 Å². The van der Waals surface area contributed by atoms with E-state index in [0.717, 1.165) is 25.9 Å². The number of aromatic amines is 1. The number of piperidine rings is 3. The number of fused-ring (bicyclic) bond motifs is 3. The Morgan fingerprint density at radius 3 is 2.31 bits per heavy atom. The van der Waals surface area contributed by atoms with Crippen LogP contribution in [0.4, 0.5) is 14.9 Å². The number of anilines is 1. The molecule has 3 aromatic carbocycles. The molecule has 1 aromatic heterocycles. The van der Waals surface area contributed by atoms with E-state index < -0.39 is 24.0 Å². The van der Waals surface area contributed by atoms with Gasteiger partial charge in [0.2, 0.25) is 0 Å². The zero-order chi connectivity index (χ0) is 34.5. The molecule has 256 valence electrons. The monoisotopic (exact) mass is 708 g/mol. The summed E-state index contributed by atoms with van der Waals surface area (Å²) in [6.07, 6.45) is 3.86. The van der Waals surface area contributed by atoms with E-state index in [1.807, 2.05) is 0 Å². The van der Waals surface area contributed by atoms with E-state index in [2.05, 4.69) is 9.88 Å². The van der Waals surface area contributed by atoms with Crippen LogP contribution in [0.3, 0.4) is 0 Å². The zero-order valence-corrected chi connectivity index (χ0v) is 28.7. The van der Waals surface area contributed by atoms with Crippen molar-refractivity contribution in [1.82, 2.24) is 4.90 Å². The first-order valence-electron chi connectivity index (χ1n) is 16.0. The predicted octanol–water partition coefficient (Wildman–Crippen LogP) is 7.34. The van der Waals surface area contributed by atoms with E-state index in [-0.39, 0.29) is 19.1 Å². The van der Waals surface area contributed by atoms with E-state index in [9.17, 15) is 14.0 Å². The maximum Gasteiger partial charge on any atom is 0.414 e. The first-order valence-corrected chi connectivity index (χ1v) is 16.8. The number of ether oxygens (including phenoxy) is 4. The van der Waals surface area contributed by atoms with Crippen molar-refractivity contribution in [3.8, 4) is 11.5 Å². The number of esters is 1. The lowest BCUT2D eigenvalue weighted by atomic mass is 9.86. The average molecular weight is 710 g/mol. The van der Waals surface area contributed by atoms with Gasteiger partial charge in [-0.05, 0) is 85.4 Å². The number of benzene rings is 3. The minimum absolute atomic E-state index is 0.106. The molecule has 2 bridgehead atoms. The zero-order valence-electron chi connectivity index (χ0n) is 27.2. The number of halogens is 3. The van der Waals surface area contributed by atoms with Gasteiger partial charge in [-0.1, -0.05) is 47.5 Å². The van der Waals surface area contributed by atoms with Crippen LogP contribution in [0.25, 0.3) is 0 Å². The van der Waals surface area contributed by atoms with Gasteiger partial charge >= 0.3 is 12.1 Å². The fraction of sp³-hybridized carbons (Fsp3) is 0.324. The molecular formula is C37H37Cl2FN3O6+. The summed E-state index contributed by atoms with van der Waals surface area (Å²) in [5, 5.41) is 0.793. The minimum Gasteiger partial charge on any atom is -0.493 e. The van der Waals surface area contributed by atoms with Crippen molar-refractivity contribution in [2.45, 2.75) is 38.0 Å². The molecule has 0 saturated carbocycles.